The Morgan fingerprint density at radius 3 is 2.33 bits per heavy atom. The number of ether oxygens (including phenoxy) is 1. The first-order valence-corrected chi connectivity index (χ1v) is 13.8. The van der Waals surface area contributed by atoms with Crippen molar-refractivity contribution >= 4 is 43.7 Å². The Morgan fingerprint density at radius 2 is 1.48 bits per heavy atom. The predicted molar refractivity (Wildman–Crippen MR) is 160 cm³/mol. The van der Waals surface area contributed by atoms with E-state index in [0.29, 0.717) is 18.4 Å². The predicted octanol–water partition coefficient (Wildman–Crippen LogP) is 8.01. The van der Waals surface area contributed by atoms with Crippen LogP contribution in [0.15, 0.2) is 61.1 Å². The fourth-order valence-electron chi connectivity index (χ4n) is 5.92. The van der Waals surface area contributed by atoms with E-state index in [-0.39, 0.29) is 0 Å². The van der Waals surface area contributed by atoms with Crippen molar-refractivity contribution in [2.45, 2.75) is 46.1 Å². The molecule has 0 amide bonds. The standard InChI is InChI=1S/C33H28N6O/c1-16(2)32-36-26-10-9-23-21-7-5-18(11-20(21)14-40-31(23)29(26)38-32)19-6-8-22-24(12-19)25-13-34-15-35-27(25)30-28(22)37-33(39-30)17(3)4/h5-13,15-17H,14H2,1-4H3,(H,36,38)(H,37,39). The molecule has 4 heterocycles. The van der Waals surface area contributed by atoms with E-state index >= 15 is 0 Å². The number of H-pyrrole nitrogens is 2. The fraction of sp³-hybridized carbons (Fsp3) is 0.212. The molecule has 0 aliphatic carbocycles. The van der Waals surface area contributed by atoms with Gasteiger partial charge in [0.2, 0.25) is 0 Å². The second-order valence-corrected chi connectivity index (χ2v) is 11.3. The van der Waals surface area contributed by atoms with Crippen LogP contribution in [-0.2, 0) is 6.61 Å². The van der Waals surface area contributed by atoms with Gasteiger partial charge in [0, 0.05) is 34.4 Å². The van der Waals surface area contributed by atoms with Gasteiger partial charge in [-0.05, 0) is 51.9 Å². The summed E-state index contributed by atoms with van der Waals surface area (Å²) in [4.78, 5) is 25.8. The molecular formula is C33H28N6O. The molecule has 7 aromatic rings. The molecule has 0 atom stereocenters. The summed E-state index contributed by atoms with van der Waals surface area (Å²) in [6.45, 7) is 9.09. The van der Waals surface area contributed by atoms with E-state index in [0.717, 1.165) is 77.8 Å². The summed E-state index contributed by atoms with van der Waals surface area (Å²) in [5.41, 5.74) is 10.5. The number of imidazole rings is 2. The zero-order valence-electron chi connectivity index (χ0n) is 22.8. The monoisotopic (exact) mass is 524 g/mol. The minimum atomic E-state index is 0.294. The number of aromatic amines is 2. The van der Waals surface area contributed by atoms with Crippen molar-refractivity contribution in [2.24, 2.45) is 0 Å². The molecule has 196 valence electrons. The highest BCUT2D eigenvalue weighted by atomic mass is 16.5. The van der Waals surface area contributed by atoms with Crippen LogP contribution in [0.5, 0.6) is 5.75 Å². The fourth-order valence-corrected chi connectivity index (χ4v) is 5.92. The third-order valence-electron chi connectivity index (χ3n) is 8.06. The zero-order valence-corrected chi connectivity index (χ0v) is 22.8. The molecule has 0 bridgehead atoms. The molecule has 1 aliphatic rings. The average Bonchev–Trinajstić information content (AvgIpc) is 3.63. The van der Waals surface area contributed by atoms with Crippen molar-refractivity contribution in [2.75, 3.05) is 0 Å². The minimum Gasteiger partial charge on any atom is -0.486 e. The van der Waals surface area contributed by atoms with Gasteiger partial charge < -0.3 is 14.7 Å². The van der Waals surface area contributed by atoms with Gasteiger partial charge in [-0.2, -0.15) is 0 Å². The van der Waals surface area contributed by atoms with Gasteiger partial charge in [0.1, 0.15) is 30.1 Å². The maximum atomic E-state index is 6.33. The molecule has 0 unspecified atom stereocenters. The number of hydrogen-bond acceptors (Lipinski definition) is 5. The summed E-state index contributed by atoms with van der Waals surface area (Å²) in [7, 11) is 0. The maximum absolute atomic E-state index is 6.33. The Kier molecular flexibility index (Phi) is 4.83. The first-order valence-electron chi connectivity index (χ1n) is 13.8. The number of nitrogens with one attached hydrogen (secondary N) is 2. The van der Waals surface area contributed by atoms with Crippen LogP contribution >= 0.6 is 0 Å². The topological polar surface area (TPSA) is 92.4 Å². The van der Waals surface area contributed by atoms with Crippen molar-refractivity contribution in [3.63, 3.8) is 0 Å². The molecule has 7 heteroatoms. The van der Waals surface area contributed by atoms with Gasteiger partial charge in [-0.3, -0.25) is 0 Å². The molecule has 1 aliphatic heterocycles. The number of aromatic nitrogens is 6. The Labute approximate surface area is 230 Å². The Hall–Kier alpha value is -4.78. The van der Waals surface area contributed by atoms with Crippen LogP contribution in [-0.4, -0.2) is 29.9 Å². The van der Waals surface area contributed by atoms with E-state index in [2.05, 4.69) is 96.2 Å². The van der Waals surface area contributed by atoms with E-state index < -0.39 is 0 Å². The molecule has 0 radical (unpaired) electrons. The Balaban J connectivity index is 1.27. The molecule has 2 N–H and O–H groups in total. The number of nitrogens with zero attached hydrogens (tertiary/aromatic N) is 4. The van der Waals surface area contributed by atoms with Gasteiger partial charge in [0.25, 0.3) is 0 Å². The molecule has 0 fully saturated rings. The first kappa shape index (κ1) is 23.1. The highest BCUT2D eigenvalue weighted by Crippen LogP contribution is 2.43. The molecule has 8 rings (SSSR count). The summed E-state index contributed by atoms with van der Waals surface area (Å²) in [5.74, 6) is 3.43. The molecule has 7 nitrogen and oxygen atoms in total. The molecule has 0 spiro atoms. The van der Waals surface area contributed by atoms with Crippen LogP contribution in [0.25, 0.3) is 66.0 Å². The summed E-state index contributed by atoms with van der Waals surface area (Å²) >= 11 is 0. The second kappa shape index (κ2) is 8.36. The SMILES string of the molecule is CC(C)c1nc2c3c(ccc2[nH]1)-c1ccc(-c2ccc4c(c2)c2cncnc2c2[nH]c(C(C)C)nc42)cc1CO3. The van der Waals surface area contributed by atoms with Crippen LogP contribution in [0.3, 0.4) is 0 Å². The van der Waals surface area contributed by atoms with E-state index in [4.69, 9.17) is 14.7 Å². The average molecular weight is 525 g/mol. The lowest BCUT2D eigenvalue weighted by atomic mass is 9.92. The number of hydrogen-bond donors (Lipinski definition) is 2. The highest BCUT2D eigenvalue weighted by Gasteiger charge is 2.23. The normalized spacial score (nSPS) is 13.1. The van der Waals surface area contributed by atoms with Crippen LogP contribution in [0.4, 0.5) is 0 Å². The molecule has 4 aromatic carbocycles. The van der Waals surface area contributed by atoms with Crippen molar-refractivity contribution in [1.82, 2.24) is 29.9 Å². The molecule has 40 heavy (non-hydrogen) atoms. The number of rotatable bonds is 3. The smallest absolute Gasteiger partial charge is 0.155 e. The Bertz CT molecular complexity index is 2140. The van der Waals surface area contributed by atoms with E-state index in [1.807, 2.05) is 6.20 Å². The van der Waals surface area contributed by atoms with Gasteiger partial charge in [-0.1, -0.05) is 52.0 Å². The van der Waals surface area contributed by atoms with Gasteiger partial charge in [-0.15, -0.1) is 0 Å². The van der Waals surface area contributed by atoms with Gasteiger partial charge in [0.15, 0.2) is 5.75 Å². The van der Waals surface area contributed by atoms with Gasteiger partial charge >= 0.3 is 0 Å². The summed E-state index contributed by atoms with van der Waals surface area (Å²) in [6.07, 6.45) is 3.51. The van der Waals surface area contributed by atoms with Crippen molar-refractivity contribution in [3.05, 3.63) is 78.3 Å². The minimum absolute atomic E-state index is 0.294. The summed E-state index contributed by atoms with van der Waals surface area (Å²) in [5, 5.41) is 3.22. The maximum Gasteiger partial charge on any atom is 0.155 e. The van der Waals surface area contributed by atoms with Crippen LogP contribution in [0.1, 0.15) is 56.7 Å². The number of benzene rings is 4. The third-order valence-corrected chi connectivity index (χ3v) is 8.06. The largest absolute Gasteiger partial charge is 0.486 e. The lowest BCUT2D eigenvalue weighted by Gasteiger charge is -2.22. The zero-order chi connectivity index (χ0) is 27.1. The molecule has 3 aromatic heterocycles. The highest BCUT2D eigenvalue weighted by molar-refractivity contribution is 6.22. The molecule has 0 saturated heterocycles. The van der Waals surface area contributed by atoms with Crippen molar-refractivity contribution in [1.29, 1.82) is 0 Å². The Morgan fingerprint density at radius 1 is 0.725 bits per heavy atom. The van der Waals surface area contributed by atoms with Gasteiger partial charge in [-0.25, -0.2) is 19.9 Å². The van der Waals surface area contributed by atoms with E-state index in [9.17, 15) is 0 Å². The summed E-state index contributed by atoms with van der Waals surface area (Å²) < 4.78 is 6.33. The van der Waals surface area contributed by atoms with Crippen molar-refractivity contribution in [3.8, 4) is 28.0 Å². The van der Waals surface area contributed by atoms with Crippen molar-refractivity contribution < 1.29 is 4.74 Å². The van der Waals surface area contributed by atoms with Crippen LogP contribution < -0.4 is 4.74 Å². The number of fused-ring (bicyclic) bond motifs is 11. The first-order chi connectivity index (χ1) is 19.5. The summed E-state index contributed by atoms with van der Waals surface area (Å²) in [6, 6.07) is 17.5. The second-order valence-electron chi connectivity index (χ2n) is 11.3. The lowest BCUT2D eigenvalue weighted by molar-refractivity contribution is 0.305. The van der Waals surface area contributed by atoms with E-state index in [1.54, 1.807) is 6.33 Å². The van der Waals surface area contributed by atoms with Crippen LogP contribution in [0, 0.1) is 0 Å². The molecular weight excluding hydrogens is 496 g/mol. The third kappa shape index (κ3) is 3.30. The van der Waals surface area contributed by atoms with Crippen LogP contribution in [0.2, 0.25) is 0 Å². The van der Waals surface area contributed by atoms with E-state index in [1.165, 1.54) is 11.1 Å². The van der Waals surface area contributed by atoms with Gasteiger partial charge in [0.05, 0.1) is 22.1 Å². The lowest BCUT2D eigenvalue weighted by Crippen LogP contribution is -2.06. The quantitative estimate of drug-likeness (QED) is 0.228. The molecule has 0 saturated carbocycles.